The lowest BCUT2D eigenvalue weighted by molar-refractivity contribution is 0.627. The van der Waals surface area contributed by atoms with Gasteiger partial charge in [-0.25, -0.2) is 8.78 Å². The fourth-order valence-electron chi connectivity index (χ4n) is 2.19. The molecule has 0 amide bonds. The van der Waals surface area contributed by atoms with Crippen LogP contribution in [-0.4, -0.2) is 0 Å². The van der Waals surface area contributed by atoms with Gasteiger partial charge >= 0.3 is 0 Å². The van der Waals surface area contributed by atoms with Crippen LogP contribution in [0.15, 0.2) is 72.8 Å². The van der Waals surface area contributed by atoms with Crippen LogP contribution in [0.4, 0.5) is 8.78 Å². The minimum atomic E-state index is -0.255. The van der Waals surface area contributed by atoms with Crippen molar-refractivity contribution in [2.75, 3.05) is 0 Å². The summed E-state index contributed by atoms with van der Waals surface area (Å²) in [6.07, 6.45) is 0. The molecule has 0 aromatic heterocycles. The summed E-state index contributed by atoms with van der Waals surface area (Å²) in [6.45, 7) is 0. The Balaban J connectivity index is 2.03. The predicted octanol–water partition coefficient (Wildman–Crippen LogP) is 5.30. The number of hydrogen-bond donors (Lipinski definition) is 0. The smallest absolute Gasteiger partial charge is 0.123 e. The Morgan fingerprint density at radius 1 is 0.450 bits per heavy atom. The Hall–Kier alpha value is -2.48. The molecule has 0 nitrogen and oxygen atoms in total. The van der Waals surface area contributed by atoms with Crippen LogP contribution in [0.2, 0.25) is 0 Å². The molecule has 0 heterocycles. The fourth-order valence-corrected chi connectivity index (χ4v) is 2.19. The molecule has 20 heavy (non-hydrogen) atoms. The molecule has 3 aromatic carbocycles. The molecule has 0 fully saturated rings. The van der Waals surface area contributed by atoms with E-state index in [4.69, 9.17) is 0 Å². The topological polar surface area (TPSA) is 0 Å². The van der Waals surface area contributed by atoms with E-state index in [2.05, 4.69) is 0 Å². The van der Waals surface area contributed by atoms with E-state index in [1.54, 1.807) is 18.2 Å². The van der Waals surface area contributed by atoms with Crippen LogP contribution in [0.1, 0.15) is 0 Å². The van der Waals surface area contributed by atoms with E-state index >= 15 is 0 Å². The van der Waals surface area contributed by atoms with Crippen LogP contribution in [0.3, 0.4) is 0 Å². The minimum absolute atomic E-state index is 0.255. The van der Waals surface area contributed by atoms with Gasteiger partial charge in [-0.15, -0.1) is 0 Å². The summed E-state index contributed by atoms with van der Waals surface area (Å²) in [6, 6.07) is 20.6. The van der Waals surface area contributed by atoms with E-state index in [1.165, 1.54) is 24.3 Å². The van der Waals surface area contributed by atoms with Crippen molar-refractivity contribution in [3.8, 4) is 22.3 Å². The third-order valence-corrected chi connectivity index (χ3v) is 3.20. The van der Waals surface area contributed by atoms with Gasteiger partial charge in [0.1, 0.15) is 11.6 Å². The van der Waals surface area contributed by atoms with Gasteiger partial charge < -0.3 is 0 Å². The zero-order valence-electron chi connectivity index (χ0n) is 10.7. The van der Waals surface area contributed by atoms with Gasteiger partial charge in [0.15, 0.2) is 0 Å². The molecule has 0 radical (unpaired) electrons. The largest absolute Gasteiger partial charge is 0.207 e. The van der Waals surface area contributed by atoms with Crippen molar-refractivity contribution in [1.82, 2.24) is 0 Å². The van der Waals surface area contributed by atoms with E-state index in [0.717, 1.165) is 22.3 Å². The SMILES string of the molecule is Fc1ccc(-c2cccc(-c3cccc(F)c3)c2)cc1. The highest BCUT2D eigenvalue weighted by Gasteiger charge is 2.03. The van der Waals surface area contributed by atoms with E-state index in [-0.39, 0.29) is 11.6 Å². The van der Waals surface area contributed by atoms with Crippen LogP contribution in [0.25, 0.3) is 22.3 Å². The first kappa shape index (κ1) is 12.5. The maximum Gasteiger partial charge on any atom is 0.123 e. The van der Waals surface area contributed by atoms with Gasteiger partial charge in [-0.2, -0.15) is 0 Å². The molecule has 0 saturated heterocycles. The van der Waals surface area contributed by atoms with E-state index < -0.39 is 0 Å². The van der Waals surface area contributed by atoms with E-state index in [0.29, 0.717) is 0 Å². The van der Waals surface area contributed by atoms with Crippen molar-refractivity contribution in [1.29, 1.82) is 0 Å². The summed E-state index contributed by atoms with van der Waals surface area (Å²) in [5, 5.41) is 0. The predicted molar refractivity (Wildman–Crippen MR) is 77.2 cm³/mol. The van der Waals surface area contributed by atoms with Crippen LogP contribution in [0.5, 0.6) is 0 Å². The van der Waals surface area contributed by atoms with Crippen molar-refractivity contribution in [2.45, 2.75) is 0 Å². The number of hydrogen-bond acceptors (Lipinski definition) is 0. The Morgan fingerprint density at radius 3 is 1.65 bits per heavy atom. The number of benzene rings is 3. The van der Waals surface area contributed by atoms with E-state index in [9.17, 15) is 8.78 Å². The van der Waals surface area contributed by atoms with Crippen LogP contribution >= 0.6 is 0 Å². The second-order valence-corrected chi connectivity index (χ2v) is 4.60. The normalized spacial score (nSPS) is 10.5. The molecular formula is C18H12F2. The average molecular weight is 266 g/mol. The lowest BCUT2D eigenvalue weighted by Gasteiger charge is -2.06. The lowest BCUT2D eigenvalue weighted by Crippen LogP contribution is -1.83. The summed E-state index contributed by atoms with van der Waals surface area (Å²) >= 11 is 0. The molecule has 3 aromatic rings. The maximum absolute atomic E-state index is 13.3. The Morgan fingerprint density at radius 2 is 1.00 bits per heavy atom. The standard InChI is InChI=1S/C18H12F2/c19-17-9-7-13(8-10-17)14-3-1-4-15(11-14)16-5-2-6-18(20)12-16/h1-12H. The highest BCUT2D eigenvalue weighted by Crippen LogP contribution is 2.26. The van der Waals surface area contributed by atoms with Crippen molar-refractivity contribution < 1.29 is 8.78 Å². The van der Waals surface area contributed by atoms with Crippen LogP contribution in [0, 0.1) is 11.6 Å². The Labute approximate surface area is 116 Å². The first-order valence-electron chi connectivity index (χ1n) is 6.34. The molecule has 2 heteroatoms. The first-order valence-corrected chi connectivity index (χ1v) is 6.34. The molecular weight excluding hydrogens is 254 g/mol. The molecule has 0 atom stereocenters. The molecule has 0 aliphatic carbocycles. The van der Waals surface area contributed by atoms with Gasteiger partial charge in [0.2, 0.25) is 0 Å². The molecule has 0 N–H and O–H groups in total. The van der Waals surface area contributed by atoms with Crippen LogP contribution in [-0.2, 0) is 0 Å². The van der Waals surface area contributed by atoms with Crippen molar-refractivity contribution >= 4 is 0 Å². The molecule has 3 rings (SSSR count). The van der Waals surface area contributed by atoms with Gasteiger partial charge in [-0.3, -0.25) is 0 Å². The summed E-state index contributed by atoms with van der Waals surface area (Å²) in [7, 11) is 0. The number of rotatable bonds is 2. The average Bonchev–Trinajstić information content (AvgIpc) is 2.48. The first-order chi connectivity index (χ1) is 9.72. The zero-order chi connectivity index (χ0) is 13.9. The summed E-state index contributed by atoms with van der Waals surface area (Å²) in [5.74, 6) is -0.510. The highest BCUT2D eigenvalue weighted by molar-refractivity contribution is 5.72. The van der Waals surface area contributed by atoms with Crippen molar-refractivity contribution in [3.63, 3.8) is 0 Å². The fraction of sp³-hybridized carbons (Fsp3) is 0. The quantitative estimate of drug-likeness (QED) is 0.590. The molecule has 0 saturated carbocycles. The Kier molecular flexibility index (Phi) is 3.30. The third-order valence-electron chi connectivity index (χ3n) is 3.20. The maximum atomic E-state index is 13.3. The lowest BCUT2D eigenvalue weighted by atomic mass is 9.99. The molecule has 0 bridgehead atoms. The second-order valence-electron chi connectivity index (χ2n) is 4.60. The minimum Gasteiger partial charge on any atom is -0.207 e. The zero-order valence-corrected chi connectivity index (χ0v) is 10.7. The molecule has 0 aliphatic rings. The molecule has 0 aliphatic heterocycles. The van der Waals surface area contributed by atoms with Gasteiger partial charge in [0.05, 0.1) is 0 Å². The number of halogens is 2. The summed E-state index contributed by atoms with van der Waals surface area (Å²) in [4.78, 5) is 0. The van der Waals surface area contributed by atoms with Gasteiger partial charge in [0.25, 0.3) is 0 Å². The summed E-state index contributed by atoms with van der Waals surface area (Å²) in [5.41, 5.74) is 3.68. The monoisotopic (exact) mass is 266 g/mol. The van der Waals surface area contributed by atoms with Crippen LogP contribution < -0.4 is 0 Å². The molecule has 0 unspecified atom stereocenters. The highest BCUT2D eigenvalue weighted by atomic mass is 19.1. The van der Waals surface area contributed by atoms with Gasteiger partial charge in [0, 0.05) is 0 Å². The van der Waals surface area contributed by atoms with Crippen molar-refractivity contribution in [3.05, 3.63) is 84.4 Å². The summed E-state index contributed by atoms with van der Waals surface area (Å²) < 4.78 is 26.2. The Bertz CT molecular complexity index is 730. The third kappa shape index (κ3) is 2.59. The van der Waals surface area contributed by atoms with Gasteiger partial charge in [-0.05, 0) is 52.6 Å². The molecule has 98 valence electrons. The van der Waals surface area contributed by atoms with E-state index in [1.807, 2.05) is 30.3 Å². The molecule has 0 spiro atoms. The van der Waals surface area contributed by atoms with Crippen molar-refractivity contribution in [2.24, 2.45) is 0 Å². The van der Waals surface area contributed by atoms with Gasteiger partial charge in [-0.1, -0.05) is 42.5 Å². The second kappa shape index (κ2) is 5.25.